The maximum atomic E-state index is 12.6. The van der Waals surface area contributed by atoms with Crippen molar-refractivity contribution in [3.8, 4) is 5.69 Å². The highest BCUT2D eigenvalue weighted by molar-refractivity contribution is 7.89. The molecule has 0 radical (unpaired) electrons. The van der Waals surface area contributed by atoms with Crippen molar-refractivity contribution in [3.63, 3.8) is 0 Å². The highest BCUT2D eigenvalue weighted by Crippen LogP contribution is 2.28. The molecule has 0 aliphatic rings. The van der Waals surface area contributed by atoms with Crippen LogP contribution < -0.4 is 10.0 Å². The first kappa shape index (κ1) is 24.4. The molecular formula is C25H27N5O4S. The van der Waals surface area contributed by atoms with E-state index in [1.165, 1.54) is 6.20 Å². The lowest BCUT2D eigenvalue weighted by Gasteiger charge is -2.13. The summed E-state index contributed by atoms with van der Waals surface area (Å²) in [5, 5.41) is 8.49. The van der Waals surface area contributed by atoms with E-state index < -0.39 is 16.0 Å². The van der Waals surface area contributed by atoms with Gasteiger partial charge in [0.15, 0.2) is 5.65 Å². The number of sulfonamides is 1. The smallest absolute Gasteiger partial charge is 0.341 e. The van der Waals surface area contributed by atoms with E-state index in [-0.39, 0.29) is 11.5 Å². The summed E-state index contributed by atoms with van der Waals surface area (Å²) < 4.78 is 34.2. The summed E-state index contributed by atoms with van der Waals surface area (Å²) in [6, 6.07) is 17.9. The lowest BCUT2D eigenvalue weighted by atomic mass is 10.1. The van der Waals surface area contributed by atoms with Crippen LogP contribution in [0.5, 0.6) is 0 Å². The van der Waals surface area contributed by atoms with Crippen LogP contribution in [-0.2, 0) is 14.8 Å². The summed E-state index contributed by atoms with van der Waals surface area (Å²) in [7, 11) is -3.53. The molecule has 0 amide bonds. The lowest BCUT2D eigenvalue weighted by molar-refractivity contribution is 0.0527. The van der Waals surface area contributed by atoms with Crippen LogP contribution in [0.4, 0.5) is 5.69 Å². The molecule has 10 heteroatoms. The van der Waals surface area contributed by atoms with Gasteiger partial charge in [-0.2, -0.15) is 5.10 Å². The summed E-state index contributed by atoms with van der Waals surface area (Å²) in [5.74, 6) is -0.465. The van der Waals surface area contributed by atoms with E-state index in [9.17, 15) is 13.2 Å². The van der Waals surface area contributed by atoms with Gasteiger partial charge in [-0.3, -0.25) is 0 Å². The van der Waals surface area contributed by atoms with E-state index in [4.69, 9.17) is 4.74 Å². The molecule has 0 unspecified atom stereocenters. The van der Waals surface area contributed by atoms with Gasteiger partial charge in [-0.15, -0.1) is 0 Å². The third kappa shape index (κ3) is 5.67. The Balaban J connectivity index is 1.45. The predicted octanol–water partition coefficient (Wildman–Crippen LogP) is 3.77. The summed E-state index contributed by atoms with van der Waals surface area (Å²) >= 11 is 0. The van der Waals surface area contributed by atoms with Crippen molar-refractivity contribution in [2.24, 2.45) is 0 Å². The number of unbranched alkanes of at least 4 members (excludes halogenated alkanes) is 1. The minimum Gasteiger partial charge on any atom is -0.462 e. The molecule has 2 aromatic heterocycles. The Hall–Kier alpha value is -3.76. The molecule has 0 fully saturated rings. The molecule has 4 rings (SSSR count). The summed E-state index contributed by atoms with van der Waals surface area (Å²) in [4.78, 5) is 17.3. The summed E-state index contributed by atoms with van der Waals surface area (Å²) in [6.07, 6.45) is 4.47. The van der Waals surface area contributed by atoms with Crippen LogP contribution >= 0.6 is 0 Å². The monoisotopic (exact) mass is 493 g/mol. The zero-order valence-corrected chi connectivity index (χ0v) is 20.2. The molecule has 2 heterocycles. The molecule has 182 valence electrons. The Morgan fingerprint density at radius 2 is 1.66 bits per heavy atom. The number of para-hydroxylation sites is 1. The van der Waals surface area contributed by atoms with Crippen LogP contribution in [0.3, 0.4) is 0 Å². The number of nitrogens with one attached hydrogen (secondary N) is 2. The summed E-state index contributed by atoms with van der Waals surface area (Å²) in [5.41, 5.74) is 2.40. The maximum absolute atomic E-state index is 12.6. The van der Waals surface area contributed by atoms with Crippen LogP contribution in [0.2, 0.25) is 0 Å². The lowest BCUT2D eigenvalue weighted by Crippen LogP contribution is -2.25. The minimum atomic E-state index is -3.53. The molecule has 2 aromatic carbocycles. The van der Waals surface area contributed by atoms with Crippen LogP contribution in [0.15, 0.2) is 78.0 Å². The van der Waals surface area contributed by atoms with Gasteiger partial charge in [-0.1, -0.05) is 36.4 Å². The second-order valence-corrected chi connectivity index (χ2v) is 9.51. The minimum absolute atomic E-state index is 0.242. The average Bonchev–Trinajstić information content (AvgIpc) is 3.32. The highest BCUT2D eigenvalue weighted by Gasteiger charge is 2.19. The fourth-order valence-corrected chi connectivity index (χ4v) is 4.74. The Kier molecular flexibility index (Phi) is 7.74. The van der Waals surface area contributed by atoms with Gasteiger partial charge in [-0.25, -0.2) is 27.6 Å². The second kappa shape index (κ2) is 11.1. The van der Waals surface area contributed by atoms with E-state index in [1.807, 2.05) is 30.3 Å². The predicted molar refractivity (Wildman–Crippen MR) is 134 cm³/mol. The SMILES string of the molecule is CCOC(=O)c1cnc2c(cnn2-c2ccccc2)c1NCCCCNS(=O)(=O)c1ccccc1. The first-order valence-corrected chi connectivity index (χ1v) is 12.9. The van der Waals surface area contributed by atoms with Crippen molar-refractivity contribution in [3.05, 3.63) is 78.6 Å². The number of nitrogens with zero attached hydrogens (tertiary/aromatic N) is 3. The van der Waals surface area contributed by atoms with Gasteiger partial charge in [-0.05, 0) is 44.0 Å². The molecule has 35 heavy (non-hydrogen) atoms. The van der Waals surface area contributed by atoms with Crippen LogP contribution in [-0.4, -0.2) is 48.8 Å². The summed E-state index contributed by atoms with van der Waals surface area (Å²) in [6.45, 7) is 2.83. The maximum Gasteiger partial charge on any atom is 0.341 e. The Morgan fingerprint density at radius 1 is 0.971 bits per heavy atom. The van der Waals surface area contributed by atoms with Gasteiger partial charge in [0.2, 0.25) is 10.0 Å². The molecule has 2 N–H and O–H groups in total. The number of rotatable bonds is 11. The van der Waals surface area contributed by atoms with E-state index in [0.717, 1.165) is 5.69 Å². The van der Waals surface area contributed by atoms with Crippen molar-refractivity contribution in [1.29, 1.82) is 0 Å². The fourth-order valence-electron chi connectivity index (χ4n) is 3.64. The second-order valence-electron chi connectivity index (χ2n) is 7.74. The number of hydrogen-bond donors (Lipinski definition) is 2. The van der Waals surface area contributed by atoms with Crippen molar-refractivity contribution >= 4 is 32.7 Å². The normalized spacial score (nSPS) is 11.5. The number of anilines is 1. The number of aromatic nitrogens is 3. The molecule has 0 aliphatic carbocycles. The molecular weight excluding hydrogens is 466 g/mol. The zero-order chi connectivity index (χ0) is 24.7. The third-order valence-corrected chi connectivity index (χ3v) is 6.82. The zero-order valence-electron chi connectivity index (χ0n) is 19.3. The quantitative estimate of drug-likeness (QED) is 0.241. The topological polar surface area (TPSA) is 115 Å². The molecule has 0 spiro atoms. The molecule has 0 aliphatic heterocycles. The average molecular weight is 494 g/mol. The number of esters is 1. The van der Waals surface area contributed by atoms with Gasteiger partial charge < -0.3 is 10.1 Å². The number of hydrogen-bond acceptors (Lipinski definition) is 7. The first-order chi connectivity index (χ1) is 17.0. The number of ether oxygens (including phenoxy) is 1. The molecule has 0 bridgehead atoms. The van der Waals surface area contributed by atoms with Gasteiger partial charge in [0.1, 0.15) is 5.56 Å². The Bertz CT molecular complexity index is 1390. The number of carbonyl (C=O) groups excluding carboxylic acids is 1. The number of fused-ring (bicyclic) bond motifs is 1. The molecule has 0 saturated carbocycles. The Morgan fingerprint density at radius 3 is 2.37 bits per heavy atom. The highest BCUT2D eigenvalue weighted by atomic mass is 32.2. The van der Waals surface area contributed by atoms with Gasteiger partial charge >= 0.3 is 5.97 Å². The van der Waals surface area contributed by atoms with E-state index in [0.29, 0.717) is 48.2 Å². The van der Waals surface area contributed by atoms with Gasteiger partial charge in [0.25, 0.3) is 0 Å². The largest absolute Gasteiger partial charge is 0.462 e. The van der Waals surface area contributed by atoms with Gasteiger partial charge in [0, 0.05) is 19.3 Å². The first-order valence-electron chi connectivity index (χ1n) is 11.4. The molecule has 9 nitrogen and oxygen atoms in total. The van der Waals surface area contributed by atoms with Crippen molar-refractivity contribution in [1.82, 2.24) is 19.5 Å². The van der Waals surface area contributed by atoms with E-state index in [1.54, 1.807) is 48.1 Å². The Labute approximate surface area is 204 Å². The van der Waals surface area contributed by atoms with E-state index in [2.05, 4.69) is 20.1 Å². The number of carbonyl (C=O) groups is 1. The van der Waals surface area contributed by atoms with Crippen LogP contribution in [0.25, 0.3) is 16.7 Å². The number of pyridine rings is 1. The number of benzene rings is 2. The van der Waals surface area contributed by atoms with Crippen LogP contribution in [0.1, 0.15) is 30.1 Å². The third-order valence-electron chi connectivity index (χ3n) is 5.35. The molecule has 0 saturated heterocycles. The van der Waals surface area contributed by atoms with Crippen molar-refractivity contribution in [2.45, 2.75) is 24.7 Å². The fraction of sp³-hybridized carbons (Fsp3) is 0.240. The molecule has 4 aromatic rings. The van der Waals surface area contributed by atoms with E-state index >= 15 is 0 Å². The van der Waals surface area contributed by atoms with Crippen molar-refractivity contribution in [2.75, 3.05) is 25.0 Å². The van der Waals surface area contributed by atoms with Crippen molar-refractivity contribution < 1.29 is 17.9 Å². The standard InChI is InChI=1S/C25H27N5O4S/c1-2-34-25(31)22-17-27-24-21(18-28-30(24)19-11-5-3-6-12-19)23(22)26-15-9-10-16-29-35(32,33)20-13-7-4-8-14-20/h3-8,11-14,17-18,29H,2,9-10,15-16H2,1H3,(H,26,27). The molecule has 0 atom stereocenters. The van der Waals surface area contributed by atoms with Crippen LogP contribution in [0, 0.1) is 0 Å². The van der Waals surface area contributed by atoms with Gasteiger partial charge in [0.05, 0.1) is 34.5 Å².